The number of carbonyl (C=O) groups is 1. The Morgan fingerprint density at radius 1 is 1.31 bits per heavy atom. The molecule has 3 rings (SSSR count). The van der Waals surface area contributed by atoms with Crippen LogP contribution in [0.4, 0.5) is 8.78 Å². The van der Waals surface area contributed by atoms with Gasteiger partial charge in [-0.1, -0.05) is 6.07 Å². The molecule has 0 spiro atoms. The maximum absolute atomic E-state index is 13.2. The molecule has 0 bridgehead atoms. The summed E-state index contributed by atoms with van der Waals surface area (Å²) in [6, 6.07) is 5.37. The van der Waals surface area contributed by atoms with Gasteiger partial charge < -0.3 is 9.73 Å². The van der Waals surface area contributed by atoms with Crippen LogP contribution in [0.15, 0.2) is 40.3 Å². The van der Waals surface area contributed by atoms with E-state index in [0.29, 0.717) is 35.4 Å². The lowest BCUT2D eigenvalue weighted by molar-refractivity contribution is 0.0938. The molecule has 1 N–H and O–H groups in total. The van der Waals surface area contributed by atoms with E-state index in [9.17, 15) is 13.6 Å². The van der Waals surface area contributed by atoms with Gasteiger partial charge in [0.1, 0.15) is 12.0 Å². The van der Waals surface area contributed by atoms with Gasteiger partial charge in [-0.25, -0.2) is 13.8 Å². The predicted molar refractivity (Wildman–Crippen MR) is 96.2 cm³/mol. The Balaban J connectivity index is 1.55. The van der Waals surface area contributed by atoms with Gasteiger partial charge in [0.25, 0.3) is 5.91 Å². The highest BCUT2D eigenvalue weighted by Crippen LogP contribution is 2.23. The number of halogens is 2. The van der Waals surface area contributed by atoms with Crippen molar-refractivity contribution in [3.63, 3.8) is 0 Å². The predicted octanol–water partition coefficient (Wildman–Crippen LogP) is 4.74. The lowest BCUT2D eigenvalue weighted by atomic mass is 10.1. The van der Waals surface area contributed by atoms with Gasteiger partial charge in [-0.05, 0) is 50.5 Å². The summed E-state index contributed by atoms with van der Waals surface area (Å²) in [5, 5.41) is 5.68. The molecule has 7 heteroatoms. The molecular weight excluding hydrogens is 358 g/mol. The number of hydrogen-bond donors (Lipinski definition) is 1. The first-order valence-corrected chi connectivity index (χ1v) is 9.06. The minimum absolute atomic E-state index is 0.129. The fraction of sp³-hybridized carbons (Fsp3) is 0.263. The number of carbonyl (C=O) groups excluding carboxylic acids is 1. The first-order valence-electron chi connectivity index (χ1n) is 8.18. The first-order chi connectivity index (χ1) is 12.4. The smallest absolute Gasteiger partial charge is 0.254 e. The molecule has 1 atom stereocenters. The van der Waals surface area contributed by atoms with E-state index in [2.05, 4.69) is 10.3 Å². The zero-order valence-corrected chi connectivity index (χ0v) is 15.2. The maximum Gasteiger partial charge on any atom is 0.254 e. The van der Waals surface area contributed by atoms with Crippen LogP contribution in [0.25, 0.3) is 11.5 Å². The van der Waals surface area contributed by atoms with Crippen LogP contribution in [0.5, 0.6) is 0 Å². The molecule has 1 unspecified atom stereocenters. The van der Waals surface area contributed by atoms with Crippen LogP contribution in [0, 0.1) is 18.6 Å². The van der Waals surface area contributed by atoms with E-state index in [4.69, 9.17) is 4.42 Å². The van der Waals surface area contributed by atoms with Crippen molar-refractivity contribution in [2.75, 3.05) is 0 Å². The third-order valence-electron chi connectivity index (χ3n) is 3.96. The molecule has 0 aliphatic rings. The van der Waals surface area contributed by atoms with E-state index in [1.165, 1.54) is 23.7 Å². The second-order valence-corrected chi connectivity index (χ2v) is 7.18. The molecule has 2 aromatic heterocycles. The summed E-state index contributed by atoms with van der Waals surface area (Å²) in [6.45, 7) is 3.77. The number of hydrogen-bond acceptors (Lipinski definition) is 4. The van der Waals surface area contributed by atoms with Gasteiger partial charge in [0.2, 0.25) is 0 Å². The van der Waals surface area contributed by atoms with Crippen LogP contribution in [-0.2, 0) is 6.42 Å². The number of furan rings is 1. The molecule has 1 amide bonds. The van der Waals surface area contributed by atoms with Gasteiger partial charge in [0, 0.05) is 11.4 Å². The largest absolute Gasteiger partial charge is 0.462 e. The van der Waals surface area contributed by atoms with Gasteiger partial charge in [-0.3, -0.25) is 4.79 Å². The number of rotatable bonds is 6. The molecule has 3 aromatic rings. The maximum atomic E-state index is 13.2. The minimum Gasteiger partial charge on any atom is -0.462 e. The third-order valence-corrected chi connectivity index (χ3v) is 4.73. The summed E-state index contributed by atoms with van der Waals surface area (Å²) in [7, 11) is 0. The second-order valence-electron chi connectivity index (χ2n) is 6.11. The molecule has 0 saturated heterocycles. The van der Waals surface area contributed by atoms with Gasteiger partial charge in [-0.15, -0.1) is 11.3 Å². The fourth-order valence-corrected chi connectivity index (χ4v) is 3.13. The Labute approximate surface area is 153 Å². The lowest BCUT2D eigenvalue weighted by Gasteiger charge is -2.13. The van der Waals surface area contributed by atoms with Crippen molar-refractivity contribution in [2.24, 2.45) is 0 Å². The number of benzene rings is 1. The van der Waals surface area contributed by atoms with Gasteiger partial charge >= 0.3 is 0 Å². The van der Waals surface area contributed by atoms with Crippen molar-refractivity contribution in [3.8, 4) is 11.5 Å². The SMILES string of the molecule is Cc1nc(-c2cc(C(=O)NC(C)CCc3ccc(F)c(F)c3)co2)cs1. The Morgan fingerprint density at radius 2 is 2.12 bits per heavy atom. The average molecular weight is 376 g/mol. The number of aryl methyl sites for hydroxylation is 2. The van der Waals surface area contributed by atoms with Gasteiger partial charge in [0.15, 0.2) is 17.4 Å². The summed E-state index contributed by atoms with van der Waals surface area (Å²) in [4.78, 5) is 16.6. The topological polar surface area (TPSA) is 55.1 Å². The summed E-state index contributed by atoms with van der Waals surface area (Å²) in [6.07, 6.45) is 2.54. The first kappa shape index (κ1) is 18.3. The lowest BCUT2D eigenvalue weighted by Crippen LogP contribution is -2.32. The zero-order chi connectivity index (χ0) is 18.7. The Kier molecular flexibility index (Phi) is 5.46. The van der Waals surface area contributed by atoms with Crippen LogP contribution in [0.3, 0.4) is 0 Å². The third kappa shape index (κ3) is 4.35. The standard InChI is InChI=1S/C19H18F2N2O2S/c1-11(3-4-13-5-6-15(20)16(21)7-13)22-19(24)14-8-18(25-9-14)17-10-26-12(2)23-17/h5-11H,3-4H2,1-2H3,(H,22,24). The van der Waals surface area contributed by atoms with Crippen LogP contribution in [0.1, 0.15) is 34.3 Å². The van der Waals surface area contributed by atoms with Crippen LogP contribution >= 0.6 is 11.3 Å². The van der Waals surface area contributed by atoms with E-state index in [-0.39, 0.29) is 11.9 Å². The van der Waals surface area contributed by atoms with Crippen molar-refractivity contribution in [2.45, 2.75) is 32.7 Å². The molecule has 136 valence electrons. The average Bonchev–Trinajstić information content (AvgIpc) is 3.25. The Morgan fingerprint density at radius 3 is 2.81 bits per heavy atom. The normalized spacial score (nSPS) is 12.2. The van der Waals surface area contributed by atoms with Crippen molar-refractivity contribution in [1.29, 1.82) is 0 Å². The minimum atomic E-state index is -0.860. The number of nitrogens with one attached hydrogen (secondary N) is 1. The number of aromatic nitrogens is 1. The summed E-state index contributed by atoms with van der Waals surface area (Å²) < 4.78 is 31.6. The van der Waals surface area contributed by atoms with Crippen molar-refractivity contribution < 1.29 is 18.0 Å². The summed E-state index contributed by atoms with van der Waals surface area (Å²) >= 11 is 1.51. The quantitative estimate of drug-likeness (QED) is 0.676. The van der Waals surface area contributed by atoms with Crippen molar-refractivity contribution >= 4 is 17.2 Å². The highest BCUT2D eigenvalue weighted by molar-refractivity contribution is 7.09. The fourth-order valence-electron chi connectivity index (χ4n) is 2.52. The van der Waals surface area contributed by atoms with Gasteiger partial charge in [0.05, 0.1) is 10.6 Å². The van der Waals surface area contributed by atoms with E-state index in [1.54, 1.807) is 12.1 Å². The van der Waals surface area contributed by atoms with Crippen LogP contribution in [0.2, 0.25) is 0 Å². The number of thiazole rings is 1. The summed E-state index contributed by atoms with van der Waals surface area (Å²) in [5.41, 5.74) is 1.82. The molecule has 2 heterocycles. The van der Waals surface area contributed by atoms with E-state index >= 15 is 0 Å². The number of amides is 1. The van der Waals surface area contributed by atoms with Crippen LogP contribution in [-0.4, -0.2) is 16.9 Å². The van der Waals surface area contributed by atoms with E-state index in [0.717, 1.165) is 11.1 Å². The van der Waals surface area contributed by atoms with E-state index < -0.39 is 11.6 Å². The molecular formula is C19H18F2N2O2S. The zero-order valence-electron chi connectivity index (χ0n) is 14.4. The molecule has 0 fully saturated rings. The van der Waals surface area contributed by atoms with Crippen LogP contribution < -0.4 is 5.32 Å². The molecule has 4 nitrogen and oxygen atoms in total. The highest BCUT2D eigenvalue weighted by atomic mass is 32.1. The molecule has 0 aliphatic carbocycles. The molecule has 0 aliphatic heterocycles. The summed E-state index contributed by atoms with van der Waals surface area (Å²) in [5.74, 6) is -1.41. The van der Waals surface area contributed by atoms with E-state index in [1.807, 2.05) is 19.2 Å². The van der Waals surface area contributed by atoms with Gasteiger partial charge in [-0.2, -0.15) is 0 Å². The molecule has 26 heavy (non-hydrogen) atoms. The highest BCUT2D eigenvalue weighted by Gasteiger charge is 2.15. The van der Waals surface area contributed by atoms with Crippen molar-refractivity contribution in [3.05, 3.63) is 63.7 Å². The monoisotopic (exact) mass is 376 g/mol. The molecule has 0 radical (unpaired) electrons. The number of nitrogens with zero attached hydrogens (tertiary/aromatic N) is 1. The second kappa shape index (κ2) is 7.78. The van der Waals surface area contributed by atoms with Crippen molar-refractivity contribution in [1.82, 2.24) is 10.3 Å². The Bertz CT molecular complexity index is 920. The molecule has 0 saturated carbocycles. The Hall–Kier alpha value is -2.54. The molecule has 1 aromatic carbocycles.